The predicted octanol–water partition coefficient (Wildman–Crippen LogP) is 1.30. The number of carbonyl (C=O) groups excluding carboxylic acids is 2. The Morgan fingerprint density at radius 2 is 2.40 bits per heavy atom. The Kier molecular flexibility index (Phi) is 4.39. The van der Waals surface area contributed by atoms with E-state index >= 15 is 0 Å². The van der Waals surface area contributed by atoms with Crippen LogP contribution in [0, 0.1) is 5.92 Å². The highest BCUT2D eigenvalue weighted by Crippen LogP contribution is 2.14. The number of nitrogens with one attached hydrogen (secondary N) is 1. The Morgan fingerprint density at radius 3 is 2.93 bits per heavy atom. The van der Waals surface area contributed by atoms with E-state index in [2.05, 4.69) is 5.43 Å². The molecule has 0 aromatic carbocycles. The number of carbonyl (C=O) groups is 2. The molecular formula is C10H18N2O3. The third kappa shape index (κ3) is 3.42. The summed E-state index contributed by atoms with van der Waals surface area (Å²) < 4.78 is 4.88. The fraction of sp³-hybridized carbons (Fsp3) is 0.800. The number of ether oxygens (including phenoxy) is 1. The van der Waals surface area contributed by atoms with Crippen molar-refractivity contribution >= 4 is 12.0 Å². The van der Waals surface area contributed by atoms with Gasteiger partial charge in [0.05, 0.1) is 6.61 Å². The standard InChI is InChI=1S/C10H18N2O3/c1-3-4-7-15-10(14)11-12-6-5-8(2)9(12)13/h8H,3-7H2,1-2H3,(H,11,14). The van der Waals surface area contributed by atoms with Crippen molar-refractivity contribution in [1.82, 2.24) is 10.4 Å². The third-order valence-electron chi connectivity index (χ3n) is 2.43. The van der Waals surface area contributed by atoms with Gasteiger partial charge < -0.3 is 4.74 Å². The number of nitrogens with zero attached hydrogens (tertiary/aromatic N) is 1. The Balaban J connectivity index is 2.23. The minimum atomic E-state index is -0.536. The zero-order valence-electron chi connectivity index (χ0n) is 9.28. The van der Waals surface area contributed by atoms with Crippen LogP contribution >= 0.6 is 0 Å². The molecule has 1 fully saturated rings. The van der Waals surface area contributed by atoms with Crippen LogP contribution < -0.4 is 5.43 Å². The quantitative estimate of drug-likeness (QED) is 0.717. The lowest BCUT2D eigenvalue weighted by Gasteiger charge is -2.16. The minimum Gasteiger partial charge on any atom is -0.448 e. The number of amides is 2. The highest BCUT2D eigenvalue weighted by atomic mass is 16.6. The fourth-order valence-corrected chi connectivity index (χ4v) is 1.39. The van der Waals surface area contributed by atoms with Crippen LogP contribution in [0.3, 0.4) is 0 Å². The third-order valence-corrected chi connectivity index (χ3v) is 2.43. The summed E-state index contributed by atoms with van der Waals surface area (Å²) in [5.74, 6) is -0.0385. The summed E-state index contributed by atoms with van der Waals surface area (Å²) in [6, 6.07) is 0. The van der Waals surface area contributed by atoms with Crippen LogP contribution in [0.5, 0.6) is 0 Å². The molecule has 1 atom stereocenters. The highest BCUT2D eigenvalue weighted by molar-refractivity contribution is 5.82. The lowest BCUT2D eigenvalue weighted by atomic mass is 10.1. The van der Waals surface area contributed by atoms with Gasteiger partial charge in [-0.15, -0.1) is 0 Å². The van der Waals surface area contributed by atoms with Crippen LogP contribution in [0.25, 0.3) is 0 Å². The summed E-state index contributed by atoms with van der Waals surface area (Å²) in [6.07, 6.45) is 2.07. The van der Waals surface area contributed by atoms with Crippen molar-refractivity contribution in [3.05, 3.63) is 0 Å². The maximum Gasteiger partial charge on any atom is 0.426 e. The van der Waals surface area contributed by atoms with E-state index in [0.717, 1.165) is 19.3 Å². The molecule has 5 heteroatoms. The summed E-state index contributed by atoms with van der Waals surface area (Å²) in [7, 11) is 0. The van der Waals surface area contributed by atoms with Crippen LogP contribution in [-0.2, 0) is 9.53 Å². The molecule has 0 aromatic heterocycles. The maximum atomic E-state index is 11.4. The normalized spacial score (nSPS) is 20.5. The van der Waals surface area contributed by atoms with Crippen LogP contribution in [0.1, 0.15) is 33.1 Å². The van der Waals surface area contributed by atoms with E-state index in [4.69, 9.17) is 4.74 Å². The van der Waals surface area contributed by atoms with Gasteiger partial charge in [-0.05, 0) is 12.8 Å². The minimum absolute atomic E-state index is 0.000872. The van der Waals surface area contributed by atoms with Crippen LogP contribution in [0.4, 0.5) is 4.79 Å². The number of hydrazine groups is 1. The summed E-state index contributed by atoms with van der Waals surface area (Å²) in [5.41, 5.74) is 2.44. The molecule has 0 radical (unpaired) electrons. The summed E-state index contributed by atoms with van der Waals surface area (Å²) in [6.45, 7) is 4.85. The Bertz CT molecular complexity index is 243. The zero-order chi connectivity index (χ0) is 11.3. The monoisotopic (exact) mass is 214 g/mol. The van der Waals surface area contributed by atoms with E-state index in [1.807, 2.05) is 13.8 Å². The van der Waals surface area contributed by atoms with E-state index in [1.165, 1.54) is 5.01 Å². The average Bonchev–Trinajstić information content (AvgIpc) is 2.50. The Labute approximate surface area is 89.7 Å². The Morgan fingerprint density at radius 1 is 1.67 bits per heavy atom. The largest absolute Gasteiger partial charge is 0.448 e. The molecule has 2 amide bonds. The molecule has 1 heterocycles. The van der Waals surface area contributed by atoms with Gasteiger partial charge in [0.25, 0.3) is 0 Å². The molecule has 1 aliphatic rings. The van der Waals surface area contributed by atoms with Gasteiger partial charge in [0.2, 0.25) is 5.91 Å². The van der Waals surface area contributed by atoms with E-state index in [0.29, 0.717) is 13.2 Å². The average molecular weight is 214 g/mol. The second-order valence-corrected chi connectivity index (χ2v) is 3.78. The molecule has 1 unspecified atom stereocenters. The van der Waals surface area contributed by atoms with E-state index < -0.39 is 6.09 Å². The van der Waals surface area contributed by atoms with Crippen LogP contribution in [0.15, 0.2) is 0 Å². The van der Waals surface area contributed by atoms with Gasteiger partial charge >= 0.3 is 6.09 Å². The van der Waals surface area contributed by atoms with E-state index in [1.54, 1.807) is 0 Å². The second kappa shape index (κ2) is 5.58. The van der Waals surface area contributed by atoms with Crippen molar-refractivity contribution in [3.8, 4) is 0 Å². The van der Waals surface area contributed by atoms with Gasteiger partial charge in [0.15, 0.2) is 0 Å². The van der Waals surface area contributed by atoms with Gasteiger partial charge in [0, 0.05) is 12.5 Å². The van der Waals surface area contributed by atoms with Gasteiger partial charge in [-0.1, -0.05) is 20.3 Å². The smallest absolute Gasteiger partial charge is 0.426 e. The molecule has 15 heavy (non-hydrogen) atoms. The van der Waals surface area contributed by atoms with Crippen LogP contribution in [-0.4, -0.2) is 30.2 Å². The van der Waals surface area contributed by atoms with Crippen molar-refractivity contribution in [2.24, 2.45) is 5.92 Å². The Hall–Kier alpha value is -1.26. The molecule has 0 spiro atoms. The molecule has 0 saturated carbocycles. The first-order valence-electron chi connectivity index (χ1n) is 5.40. The lowest BCUT2D eigenvalue weighted by molar-refractivity contribution is -0.132. The molecule has 0 aromatic rings. The van der Waals surface area contributed by atoms with Gasteiger partial charge in [0.1, 0.15) is 0 Å². The molecular weight excluding hydrogens is 196 g/mol. The molecule has 1 N–H and O–H groups in total. The number of hydrogen-bond donors (Lipinski definition) is 1. The SMILES string of the molecule is CCCCOC(=O)NN1CCC(C)C1=O. The van der Waals surface area contributed by atoms with Gasteiger partial charge in [-0.2, -0.15) is 0 Å². The topological polar surface area (TPSA) is 58.6 Å². The first kappa shape index (κ1) is 11.8. The van der Waals surface area contributed by atoms with Crippen molar-refractivity contribution in [1.29, 1.82) is 0 Å². The first-order valence-corrected chi connectivity index (χ1v) is 5.40. The maximum absolute atomic E-state index is 11.4. The molecule has 1 saturated heterocycles. The molecule has 5 nitrogen and oxygen atoms in total. The second-order valence-electron chi connectivity index (χ2n) is 3.78. The molecule has 86 valence electrons. The number of hydrogen-bond acceptors (Lipinski definition) is 3. The van der Waals surface area contributed by atoms with E-state index in [-0.39, 0.29) is 11.8 Å². The van der Waals surface area contributed by atoms with Crippen LogP contribution in [0.2, 0.25) is 0 Å². The van der Waals surface area contributed by atoms with E-state index in [9.17, 15) is 9.59 Å². The number of unbranched alkanes of at least 4 members (excludes halogenated alkanes) is 1. The molecule has 0 aliphatic carbocycles. The van der Waals surface area contributed by atoms with Crippen molar-refractivity contribution in [2.45, 2.75) is 33.1 Å². The highest BCUT2D eigenvalue weighted by Gasteiger charge is 2.29. The first-order chi connectivity index (χ1) is 7.15. The summed E-state index contributed by atoms with van der Waals surface area (Å²) >= 11 is 0. The molecule has 1 aliphatic heterocycles. The predicted molar refractivity (Wildman–Crippen MR) is 54.9 cm³/mol. The van der Waals surface area contributed by atoms with Crippen molar-refractivity contribution < 1.29 is 14.3 Å². The zero-order valence-corrected chi connectivity index (χ0v) is 9.28. The summed E-state index contributed by atoms with van der Waals surface area (Å²) in [4.78, 5) is 22.6. The van der Waals surface area contributed by atoms with Crippen molar-refractivity contribution in [3.63, 3.8) is 0 Å². The van der Waals surface area contributed by atoms with Gasteiger partial charge in [-0.25, -0.2) is 10.2 Å². The summed E-state index contributed by atoms with van der Waals surface area (Å²) in [5, 5.41) is 1.33. The van der Waals surface area contributed by atoms with Gasteiger partial charge in [-0.3, -0.25) is 9.80 Å². The lowest BCUT2D eigenvalue weighted by Crippen LogP contribution is -2.44. The van der Waals surface area contributed by atoms with Crippen molar-refractivity contribution in [2.75, 3.05) is 13.2 Å². The fourth-order valence-electron chi connectivity index (χ4n) is 1.39. The molecule has 0 bridgehead atoms. The molecule has 1 rings (SSSR count). The number of rotatable bonds is 4.